The molecule has 0 atom stereocenters. The van der Waals surface area contributed by atoms with E-state index < -0.39 is 0 Å². The summed E-state index contributed by atoms with van der Waals surface area (Å²) in [5.74, 6) is 0. The van der Waals surface area contributed by atoms with Gasteiger partial charge in [-0.3, -0.25) is 0 Å². The minimum atomic E-state index is 0. The van der Waals surface area contributed by atoms with Crippen LogP contribution in [0.25, 0.3) is 0 Å². The number of nitriles is 4. The van der Waals surface area contributed by atoms with Gasteiger partial charge >= 0.3 is 20.1 Å². The van der Waals surface area contributed by atoms with Gasteiger partial charge in [-0.2, -0.15) is 0 Å². The van der Waals surface area contributed by atoms with Crippen molar-refractivity contribution in [2.75, 3.05) is 0 Å². The Hall–Kier alpha value is -2.19. The maximum atomic E-state index is 8.24. The molecule has 0 aliphatic rings. The van der Waals surface area contributed by atoms with Crippen molar-refractivity contribution >= 4 is 0 Å². The van der Waals surface area contributed by atoms with Crippen molar-refractivity contribution < 1.29 is 40.5 Å². The zero-order valence-corrected chi connectivity index (χ0v) is 8.15. The van der Waals surface area contributed by atoms with E-state index in [0.717, 1.165) is 0 Å². The fourth-order valence-electron chi connectivity index (χ4n) is 0. The van der Waals surface area contributed by atoms with Gasteiger partial charge in [-0.15, -0.1) is 0 Å². The Kier molecular flexibility index (Phi) is 551. The van der Waals surface area contributed by atoms with E-state index in [4.69, 9.17) is 41.5 Å². The van der Waals surface area contributed by atoms with Gasteiger partial charge in [0.2, 0.25) is 0 Å². The molecule has 0 N–H and O–H groups in total. The zero-order valence-electron chi connectivity index (χ0n) is 5.76. The normalized spacial score (nSPS) is 2.15. The van der Waals surface area contributed by atoms with Gasteiger partial charge in [-0.1, -0.05) is 0 Å². The van der Waals surface area contributed by atoms with Gasteiger partial charge in [0.1, 0.15) is 0 Å². The molecule has 0 amide bonds. The maximum Gasteiger partial charge on any atom is 4.00 e. The molecular formula is C4IrN4O4. The first kappa shape index (κ1) is 30.8. The molecule has 0 aromatic carbocycles. The molecule has 0 fully saturated rings. The summed E-state index contributed by atoms with van der Waals surface area (Å²) < 4.78 is 0. The third-order valence-corrected chi connectivity index (χ3v) is 0. The molecule has 9 heteroatoms. The van der Waals surface area contributed by atoms with Crippen LogP contribution < -0.4 is 20.4 Å². The average Bonchev–Trinajstić information content (AvgIpc) is 1.92. The fourth-order valence-corrected chi connectivity index (χ4v) is 0. The van der Waals surface area contributed by atoms with Crippen molar-refractivity contribution in [1.82, 2.24) is 0 Å². The maximum absolute atomic E-state index is 8.24. The molecule has 0 aliphatic carbocycles. The minimum absolute atomic E-state index is 0. The molecule has 0 aliphatic heterocycles. The molecule has 0 aromatic heterocycles. The van der Waals surface area contributed by atoms with E-state index in [2.05, 4.69) is 0 Å². The van der Waals surface area contributed by atoms with Gasteiger partial charge in [-0.05, 0) is 0 Å². The summed E-state index contributed by atoms with van der Waals surface area (Å²) in [6.45, 7) is 0. The summed E-state index contributed by atoms with van der Waals surface area (Å²) in [6, 6.07) is 0. The largest absolute Gasteiger partial charge is 4.00 e. The number of hydrogen-bond donors (Lipinski definition) is 0. The molecule has 0 bridgehead atoms. The Bertz CT molecular complexity index is 158. The van der Waals surface area contributed by atoms with Crippen LogP contribution in [0, 0.1) is 46.1 Å². The second-order valence-corrected chi connectivity index (χ2v) is 0.365. The Labute approximate surface area is 87.1 Å². The summed E-state index contributed by atoms with van der Waals surface area (Å²) in [5, 5.41) is 60.0. The molecule has 69 valence electrons. The average molecular weight is 360 g/mol. The first-order valence-electron chi connectivity index (χ1n) is 1.71. The smallest absolute Gasteiger partial charge is 0.812 e. The third-order valence-electron chi connectivity index (χ3n) is 0. The predicted octanol–water partition coefficient (Wildman–Crippen LogP) is -4.69. The van der Waals surface area contributed by atoms with Crippen molar-refractivity contribution in [3.05, 3.63) is 0 Å². The number of nitrogens with zero attached hydrogens (tertiary/aromatic N) is 4. The minimum Gasteiger partial charge on any atom is -0.812 e. The van der Waals surface area contributed by atoms with E-state index in [-0.39, 0.29) is 20.1 Å². The summed E-state index contributed by atoms with van der Waals surface area (Å²) >= 11 is 0. The summed E-state index contributed by atoms with van der Waals surface area (Å²) in [7, 11) is 0. The standard InChI is InChI=1S/4CHNO.Ir/c4*2-1-3;/h4*3H;/q;;;;+4/p-4. The molecule has 0 unspecified atom stereocenters. The van der Waals surface area contributed by atoms with Crippen molar-refractivity contribution in [2.45, 2.75) is 0 Å². The van der Waals surface area contributed by atoms with Crippen LogP contribution in [0.3, 0.4) is 0 Å². The van der Waals surface area contributed by atoms with Gasteiger partial charge < -0.3 is 20.4 Å². The van der Waals surface area contributed by atoms with Crippen LogP contribution in [-0.4, -0.2) is 0 Å². The first-order valence-corrected chi connectivity index (χ1v) is 1.71. The van der Waals surface area contributed by atoms with Crippen LogP contribution in [-0.2, 0) is 20.1 Å². The Morgan fingerprint density at radius 2 is 0.538 bits per heavy atom. The summed E-state index contributed by atoms with van der Waals surface area (Å²) in [5.41, 5.74) is 0. The number of hydrogen-bond acceptors (Lipinski definition) is 8. The Morgan fingerprint density at radius 1 is 0.538 bits per heavy atom. The third kappa shape index (κ3) is 125. The van der Waals surface area contributed by atoms with E-state index in [9.17, 15) is 0 Å². The summed E-state index contributed by atoms with van der Waals surface area (Å²) in [6.07, 6.45) is 2.00. The molecule has 0 heterocycles. The van der Waals surface area contributed by atoms with Gasteiger partial charge in [0.05, 0.1) is 0 Å². The topological polar surface area (TPSA) is 187 Å². The van der Waals surface area contributed by atoms with Crippen LogP contribution in [0.4, 0.5) is 0 Å². The molecular weight excluding hydrogens is 360 g/mol. The fraction of sp³-hybridized carbons (Fsp3) is 0. The molecule has 0 rings (SSSR count). The van der Waals surface area contributed by atoms with Gasteiger partial charge in [0.15, 0.2) is 0 Å². The molecule has 0 spiro atoms. The number of rotatable bonds is 0. The van der Waals surface area contributed by atoms with Crippen molar-refractivity contribution in [3.8, 4) is 25.0 Å². The quantitative estimate of drug-likeness (QED) is 0.385. The van der Waals surface area contributed by atoms with Crippen LogP contribution in [0.2, 0.25) is 0 Å². The van der Waals surface area contributed by atoms with E-state index in [1.54, 1.807) is 0 Å². The van der Waals surface area contributed by atoms with Crippen LogP contribution >= 0.6 is 0 Å². The SMILES string of the molecule is N#C[O-].N#C[O-].N#C[O-].N#C[O-].[Ir+4]. The molecule has 8 nitrogen and oxygen atoms in total. The van der Waals surface area contributed by atoms with Crippen molar-refractivity contribution in [2.24, 2.45) is 0 Å². The molecule has 13 heavy (non-hydrogen) atoms. The van der Waals surface area contributed by atoms with E-state index in [1.165, 1.54) is 0 Å². The van der Waals surface area contributed by atoms with Crippen LogP contribution in [0.15, 0.2) is 0 Å². The Balaban J connectivity index is -0.0000000213. The van der Waals surface area contributed by atoms with Gasteiger partial charge in [-0.25, -0.2) is 21.0 Å². The molecule has 0 aromatic rings. The first-order chi connectivity index (χ1) is 5.66. The van der Waals surface area contributed by atoms with Crippen LogP contribution in [0.1, 0.15) is 0 Å². The van der Waals surface area contributed by atoms with E-state index in [1.807, 2.05) is 0 Å². The molecule has 1 radical (unpaired) electrons. The van der Waals surface area contributed by atoms with Crippen LogP contribution in [0.5, 0.6) is 0 Å². The second-order valence-electron chi connectivity index (χ2n) is 0.365. The van der Waals surface area contributed by atoms with E-state index in [0.29, 0.717) is 25.0 Å². The van der Waals surface area contributed by atoms with E-state index >= 15 is 0 Å². The molecule has 0 saturated carbocycles. The Morgan fingerprint density at radius 3 is 0.538 bits per heavy atom. The van der Waals surface area contributed by atoms with Gasteiger partial charge in [0.25, 0.3) is 0 Å². The van der Waals surface area contributed by atoms with Crippen molar-refractivity contribution in [3.63, 3.8) is 0 Å². The molecule has 0 saturated heterocycles. The summed E-state index contributed by atoms with van der Waals surface area (Å²) in [4.78, 5) is 0. The second kappa shape index (κ2) is 233. The van der Waals surface area contributed by atoms with Crippen molar-refractivity contribution in [1.29, 1.82) is 21.0 Å². The zero-order chi connectivity index (χ0) is 10.8. The predicted molar refractivity (Wildman–Crippen MR) is 22.5 cm³/mol. The van der Waals surface area contributed by atoms with Gasteiger partial charge in [0, 0.05) is 25.0 Å². The monoisotopic (exact) mass is 361 g/mol.